The second kappa shape index (κ2) is 8.35. The van der Waals surface area contributed by atoms with E-state index < -0.39 is 17.8 Å². The number of imide groups is 2. The van der Waals surface area contributed by atoms with Crippen LogP contribution in [-0.4, -0.2) is 24.5 Å². The van der Waals surface area contributed by atoms with Gasteiger partial charge in [0, 0.05) is 10.0 Å². The zero-order valence-corrected chi connectivity index (χ0v) is 18.5. The van der Waals surface area contributed by atoms with Crippen molar-refractivity contribution in [2.75, 3.05) is 11.5 Å². The first-order valence-corrected chi connectivity index (χ1v) is 10.5. The van der Waals surface area contributed by atoms with E-state index in [0.717, 1.165) is 25.7 Å². The van der Waals surface area contributed by atoms with E-state index in [9.17, 15) is 14.4 Å². The van der Waals surface area contributed by atoms with Gasteiger partial charge in [-0.15, -0.1) is 0 Å². The molecule has 156 valence electrons. The number of benzene rings is 3. The molecule has 4 rings (SSSR count). The number of amides is 4. The van der Waals surface area contributed by atoms with Crippen LogP contribution < -0.4 is 15.0 Å². The van der Waals surface area contributed by atoms with Crippen molar-refractivity contribution in [1.82, 2.24) is 5.32 Å². The molecule has 0 aromatic heterocycles. The average Bonchev–Trinajstić information content (AvgIpc) is 2.74. The number of rotatable bonds is 4. The minimum atomic E-state index is -0.781. The van der Waals surface area contributed by atoms with Crippen LogP contribution in [0.15, 0.2) is 64.6 Å². The Labute approximate surface area is 187 Å². The fourth-order valence-corrected chi connectivity index (χ4v) is 3.76. The molecule has 31 heavy (non-hydrogen) atoms. The molecule has 1 aliphatic heterocycles. The summed E-state index contributed by atoms with van der Waals surface area (Å²) in [6.45, 7) is 4.14. The molecule has 1 heterocycles. The Hall–Kier alpha value is -3.45. The predicted octanol–water partition coefficient (Wildman–Crippen LogP) is 4.98. The number of nitrogens with one attached hydrogen (secondary N) is 1. The number of carbonyl (C=O) groups is 3. The highest BCUT2D eigenvalue weighted by atomic mass is 79.9. The fraction of sp³-hybridized carbons (Fsp3) is 0.125. The number of urea groups is 1. The Morgan fingerprint density at radius 1 is 1.06 bits per heavy atom. The molecule has 1 fully saturated rings. The lowest BCUT2D eigenvalue weighted by Gasteiger charge is -2.27. The second-order valence-corrected chi connectivity index (χ2v) is 7.88. The number of aryl methyl sites for hydroxylation is 1. The number of hydrogen-bond donors (Lipinski definition) is 1. The molecule has 6 nitrogen and oxygen atoms in total. The maximum Gasteiger partial charge on any atom is 0.335 e. The SMILES string of the molecule is CCOc1ccc2ccccc2c1/C=C1\C(=O)NC(=O)N(c2ccc(Br)c(C)c2)C1=O. The molecule has 0 radical (unpaired) electrons. The van der Waals surface area contributed by atoms with Crippen molar-refractivity contribution in [2.24, 2.45) is 0 Å². The van der Waals surface area contributed by atoms with Gasteiger partial charge in [0.1, 0.15) is 11.3 Å². The van der Waals surface area contributed by atoms with Crippen molar-refractivity contribution >= 4 is 56.3 Å². The molecule has 3 aromatic rings. The molecule has 0 aliphatic carbocycles. The third kappa shape index (κ3) is 3.84. The van der Waals surface area contributed by atoms with Crippen LogP contribution in [0.2, 0.25) is 0 Å². The number of fused-ring (bicyclic) bond motifs is 1. The lowest BCUT2D eigenvalue weighted by molar-refractivity contribution is -0.122. The Morgan fingerprint density at radius 2 is 1.84 bits per heavy atom. The van der Waals surface area contributed by atoms with Crippen molar-refractivity contribution in [3.63, 3.8) is 0 Å². The van der Waals surface area contributed by atoms with Crippen LogP contribution in [0.1, 0.15) is 18.1 Å². The summed E-state index contributed by atoms with van der Waals surface area (Å²) in [5.41, 5.74) is 1.70. The topological polar surface area (TPSA) is 75.7 Å². The number of nitrogens with zero attached hydrogens (tertiary/aromatic N) is 1. The number of hydrogen-bond acceptors (Lipinski definition) is 4. The van der Waals surface area contributed by atoms with Gasteiger partial charge in [0.25, 0.3) is 11.8 Å². The highest BCUT2D eigenvalue weighted by molar-refractivity contribution is 9.10. The van der Waals surface area contributed by atoms with Gasteiger partial charge in [-0.05, 0) is 60.5 Å². The van der Waals surface area contributed by atoms with E-state index >= 15 is 0 Å². The van der Waals surface area contributed by atoms with Crippen LogP contribution in [0, 0.1) is 6.92 Å². The van der Waals surface area contributed by atoms with Gasteiger partial charge in [0.05, 0.1) is 12.3 Å². The minimum absolute atomic E-state index is 0.141. The first-order valence-electron chi connectivity index (χ1n) is 9.73. The number of halogens is 1. The molecular formula is C24H19BrN2O4. The van der Waals surface area contributed by atoms with Crippen molar-refractivity contribution in [3.05, 3.63) is 75.8 Å². The number of anilines is 1. The Bertz CT molecular complexity index is 1270. The molecule has 0 bridgehead atoms. The summed E-state index contributed by atoms with van der Waals surface area (Å²) < 4.78 is 6.60. The third-order valence-corrected chi connectivity index (χ3v) is 5.91. The summed E-state index contributed by atoms with van der Waals surface area (Å²) in [4.78, 5) is 39.4. The molecule has 4 amide bonds. The highest BCUT2D eigenvalue weighted by Gasteiger charge is 2.37. The van der Waals surface area contributed by atoms with Gasteiger partial charge in [0.15, 0.2) is 0 Å². The molecule has 1 saturated heterocycles. The summed E-state index contributed by atoms with van der Waals surface area (Å²) in [7, 11) is 0. The summed E-state index contributed by atoms with van der Waals surface area (Å²) in [5, 5.41) is 4.05. The van der Waals surface area contributed by atoms with E-state index in [0.29, 0.717) is 23.6 Å². The molecule has 7 heteroatoms. The average molecular weight is 479 g/mol. The van der Waals surface area contributed by atoms with E-state index in [4.69, 9.17) is 4.74 Å². The molecule has 0 atom stereocenters. The quantitative estimate of drug-likeness (QED) is 0.423. The van der Waals surface area contributed by atoms with Gasteiger partial charge in [-0.25, -0.2) is 9.69 Å². The monoisotopic (exact) mass is 478 g/mol. The van der Waals surface area contributed by atoms with E-state index in [1.54, 1.807) is 18.2 Å². The number of ether oxygens (including phenoxy) is 1. The molecular weight excluding hydrogens is 460 g/mol. The van der Waals surface area contributed by atoms with Crippen molar-refractivity contribution < 1.29 is 19.1 Å². The molecule has 0 unspecified atom stereocenters. The number of carbonyl (C=O) groups excluding carboxylic acids is 3. The first kappa shape index (κ1) is 20.8. The van der Waals surface area contributed by atoms with Crippen molar-refractivity contribution in [1.29, 1.82) is 0 Å². The fourth-order valence-electron chi connectivity index (χ4n) is 3.51. The molecule has 3 aromatic carbocycles. The maximum absolute atomic E-state index is 13.3. The van der Waals surface area contributed by atoms with Crippen LogP contribution in [0.25, 0.3) is 16.8 Å². The van der Waals surface area contributed by atoms with Gasteiger partial charge >= 0.3 is 6.03 Å². The van der Waals surface area contributed by atoms with Crippen LogP contribution >= 0.6 is 15.9 Å². The first-order chi connectivity index (χ1) is 14.9. The normalized spacial score (nSPS) is 15.5. The van der Waals surface area contributed by atoms with Gasteiger partial charge in [0.2, 0.25) is 0 Å². The van der Waals surface area contributed by atoms with Crippen molar-refractivity contribution in [2.45, 2.75) is 13.8 Å². The summed E-state index contributed by atoms with van der Waals surface area (Å²) >= 11 is 3.41. The molecule has 0 saturated carbocycles. The van der Waals surface area contributed by atoms with Crippen molar-refractivity contribution in [3.8, 4) is 5.75 Å². The molecule has 1 aliphatic rings. The zero-order chi connectivity index (χ0) is 22.1. The van der Waals surface area contributed by atoms with Gasteiger partial charge in [-0.3, -0.25) is 14.9 Å². The van der Waals surface area contributed by atoms with Crippen LogP contribution in [0.3, 0.4) is 0 Å². The molecule has 1 N–H and O–H groups in total. The van der Waals surface area contributed by atoms with Crippen LogP contribution in [-0.2, 0) is 9.59 Å². The highest BCUT2D eigenvalue weighted by Crippen LogP contribution is 2.32. The van der Waals surface area contributed by atoms with E-state index in [2.05, 4.69) is 21.2 Å². The van der Waals surface area contributed by atoms with Gasteiger partial charge < -0.3 is 4.74 Å². The summed E-state index contributed by atoms with van der Waals surface area (Å²) in [5.74, 6) is -0.876. The van der Waals surface area contributed by atoms with E-state index in [-0.39, 0.29) is 5.57 Å². The van der Waals surface area contributed by atoms with E-state index in [1.165, 1.54) is 6.08 Å². The smallest absolute Gasteiger partial charge is 0.335 e. The standard InChI is InChI=1S/C24H19BrN2O4/c1-3-31-21-11-8-15-6-4-5-7-17(15)18(21)13-19-22(28)26-24(30)27(23(19)29)16-9-10-20(25)14(2)12-16/h4-13H,3H2,1-2H3,(H,26,28,30)/b19-13+. The Balaban J connectivity index is 1.86. The zero-order valence-electron chi connectivity index (χ0n) is 16.9. The van der Waals surface area contributed by atoms with E-state index in [1.807, 2.05) is 50.2 Å². The lowest BCUT2D eigenvalue weighted by atomic mass is 9.99. The number of barbiturate groups is 1. The minimum Gasteiger partial charge on any atom is -0.493 e. The van der Waals surface area contributed by atoms with Gasteiger partial charge in [-0.1, -0.05) is 46.3 Å². The molecule has 0 spiro atoms. The predicted molar refractivity (Wildman–Crippen MR) is 123 cm³/mol. The third-order valence-electron chi connectivity index (χ3n) is 5.02. The largest absolute Gasteiger partial charge is 0.493 e. The Morgan fingerprint density at radius 3 is 2.58 bits per heavy atom. The Kier molecular flexibility index (Phi) is 5.61. The summed E-state index contributed by atoms with van der Waals surface area (Å²) in [6.07, 6.45) is 1.50. The summed E-state index contributed by atoms with van der Waals surface area (Å²) in [6, 6.07) is 15.7. The maximum atomic E-state index is 13.3. The van der Waals surface area contributed by atoms with Crippen LogP contribution in [0.4, 0.5) is 10.5 Å². The van der Waals surface area contributed by atoms with Gasteiger partial charge in [-0.2, -0.15) is 0 Å². The lowest BCUT2D eigenvalue weighted by Crippen LogP contribution is -2.54. The van der Waals surface area contributed by atoms with Crippen LogP contribution in [0.5, 0.6) is 5.75 Å². The second-order valence-electron chi connectivity index (χ2n) is 7.02.